The number of nitrogens with one attached hydrogen (secondary N) is 1. The van der Waals surface area contributed by atoms with E-state index in [9.17, 15) is 0 Å². The van der Waals surface area contributed by atoms with Crippen LogP contribution in [-0.4, -0.2) is 49.4 Å². The van der Waals surface area contributed by atoms with Crippen LogP contribution in [0.2, 0.25) is 0 Å². The molecule has 2 heterocycles. The SMILES string of the molecule is CN(C)c1cc(NC2COCCC2N)ncn1. The van der Waals surface area contributed by atoms with Crippen molar-refractivity contribution in [2.75, 3.05) is 37.5 Å². The van der Waals surface area contributed by atoms with Crippen LogP contribution in [0.1, 0.15) is 6.42 Å². The summed E-state index contributed by atoms with van der Waals surface area (Å²) in [6.45, 7) is 1.37. The Kier molecular flexibility index (Phi) is 3.75. The van der Waals surface area contributed by atoms with Gasteiger partial charge in [0.1, 0.15) is 18.0 Å². The third kappa shape index (κ3) is 3.04. The molecule has 2 unspecified atom stereocenters. The van der Waals surface area contributed by atoms with Crippen LogP contribution in [-0.2, 0) is 4.74 Å². The summed E-state index contributed by atoms with van der Waals surface area (Å²) in [7, 11) is 3.89. The summed E-state index contributed by atoms with van der Waals surface area (Å²) in [6.07, 6.45) is 2.43. The van der Waals surface area contributed by atoms with Crippen LogP contribution < -0.4 is 16.0 Å². The molecule has 1 saturated heterocycles. The van der Waals surface area contributed by atoms with Crippen LogP contribution in [0, 0.1) is 0 Å². The minimum Gasteiger partial charge on any atom is -0.379 e. The number of nitrogens with zero attached hydrogens (tertiary/aromatic N) is 3. The number of anilines is 2. The van der Waals surface area contributed by atoms with Gasteiger partial charge in [0.25, 0.3) is 0 Å². The van der Waals surface area contributed by atoms with Crippen LogP contribution in [0.3, 0.4) is 0 Å². The van der Waals surface area contributed by atoms with E-state index in [2.05, 4.69) is 15.3 Å². The molecule has 1 aromatic heterocycles. The Labute approximate surface area is 101 Å². The predicted octanol–water partition coefficient (Wildman–Crippen LogP) is 0.0707. The summed E-state index contributed by atoms with van der Waals surface area (Å²) in [5, 5.41) is 3.30. The summed E-state index contributed by atoms with van der Waals surface area (Å²) in [6, 6.07) is 2.14. The van der Waals surface area contributed by atoms with E-state index in [0.717, 1.165) is 24.7 Å². The Hall–Kier alpha value is -1.40. The van der Waals surface area contributed by atoms with Gasteiger partial charge in [0.2, 0.25) is 0 Å². The molecule has 17 heavy (non-hydrogen) atoms. The molecule has 1 fully saturated rings. The van der Waals surface area contributed by atoms with Crippen molar-refractivity contribution in [3.05, 3.63) is 12.4 Å². The number of ether oxygens (including phenoxy) is 1. The van der Waals surface area contributed by atoms with Gasteiger partial charge in [-0.25, -0.2) is 9.97 Å². The largest absolute Gasteiger partial charge is 0.379 e. The van der Waals surface area contributed by atoms with Gasteiger partial charge in [0.05, 0.1) is 12.6 Å². The van der Waals surface area contributed by atoms with E-state index in [1.807, 2.05) is 25.1 Å². The third-order valence-electron chi connectivity index (χ3n) is 2.85. The Morgan fingerprint density at radius 3 is 3.00 bits per heavy atom. The molecular formula is C11H19N5O. The van der Waals surface area contributed by atoms with Crippen LogP contribution in [0.5, 0.6) is 0 Å². The Bertz CT molecular complexity index is 371. The van der Waals surface area contributed by atoms with Gasteiger partial charge in [0, 0.05) is 32.8 Å². The first-order chi connectivity index (χ1) is 8.16. The normalized spacial score (nSPS) is 24.4. The summed E-state index contributed by atoms with van der Waals surface area (Å²) >= 11 is 0. The smallest absolute Gasteiger partial charge is 0.133 e. The molecule has 3 N–H and O–H groups in total. The third-order valence-corrected chi connectivity index (χ3v) is 2.85. The highest BCUT2D eigenvalue weighted by Crippen LogP contribution is 2.15. The van der Waals surface area contributed by atoms with E-state index < -0.39 is 0 Å². The average molecular weight is 237 g/mol. The molecule has 0 spiro atoms. The van der Waals surface area contributed by atoms with E-state index >= 15 is 0 Å². The minimum atomic E-state index is 0.113. The first-order valence-electron chi connectivity index (χ1n) is 5.76. The van der Waals surface area contributed by atoms with Gasteiger partial charge < -0.3 is 20.7 Å². The van der Waals surface area contributed by atoms with Gasteiger partial charge in [-0.3, -0.25) is 0 Å². The van der Waals surface area contributed by atoms with Crippen molar-refractivity contribution < 1.29 is 4.74 Å². The maximum atomic E-state index is 6.03. The number of rotatable bonds is 3. The summed E-state index contributed by atoms with van der Waals surface area (Å²) in [5.41, 5.74) is 6.03. The van der Waals surface area contributed by atoms with Crippen LogP contribution in [0.25, 0.3) is 0 Å². The highest BCUT2D eigenvalue weighted by molar-refractivity contribution is 5.48. The highest BCUT2D eigenvalue weighted by Gasteiger charge is 2.22. The van der Waals surface area contributed by atoms with Crippen molar-refractivity contribution in [1.29, 1.82) is 0 Å². The van der Waals surface area contributed by atoms with Gasteiger partial charge in [-0.15, -0.1) is 0 Å². The van der Waals surface area contributed by atoms with Gasteiger partial charge in [0.15, 0.2) is 0 Å². The molecule has 0 saturated carbocycles. The van der Waals surface area contributed by atoms with Crippen molar-refractivity contribution >= 4 is 11.6 Å². The Morgan fingerprint density at radius 1 is 1.47 bits per heavy atom. The minimum absolute atomic E-state index is 0.113. The Morgan fingerprint density at radius 2 is 2.29 bits per heavy atom. The van der Waals surface area contributed by atoms with Gasteiger partial charge in [-0.2, -0.15) is 0 Å². The molecular weight excluding hydrogens is 218 g/mol. The lowest BCUT2D eigenvalue weighted by molar-refractivity contribution is 0.0767. The van der Waals surface area contributed by atoms with E-state index in [1.165, 1.54) is 0 Å². The molecule has 6 nitrogen and oxygen atoms in total. The van der Waals surface area contributed by atoms with Crippen molar-refractivity contribution in [2.24, 2.45) is 5.73 Å². The zero-order valence-electron chi connectivity index (χ0n) is 10.3. The average Bonchev–Trinajstić information content (AvgIpc) is 2.32. The predicted molar refractivity (Wildman–Crippen MR) is 67.2 cm³/mol. The molecule has 1 aromatic rings. The molecule has 0 aliphatic carbocycles. The number of aromatic nitrogens is 2. The molecule has 0 radical (unpaired) electrons. The number of hydrogen-bond donors (Lipinski definition) is 2. The lowest BCUT2D eigenvalue weighted by Crippen LogP contribution is -2.47. The molecule has 0 bridgehead atoms. The van der Waals surface area contributed by atoms with Crippen molar-refractivity contribution in [3.63, 3.8) is 0 Å². The summed E-state index contributed by atoms with van der Waals surface area (Å²) in [4.78, 5) is 10.3. The first-order valence-corrected chi connectivity index (χ1v) is 5.76. The zero-order chi connectivity index (χ0) is 12.3. The molecule has 94 valence electrons. The standard InChI is InChI=1S/C11H19N5O/c1-16(2)11-5-10(13-7-14-11)15-9-6-17-4-3-8(9)12/h5,7-9H,3-4,6,12H2,1-2H3,(H,13,14,15). The van der Waals surface area contributed by atoms with E-state index in [4.69, 9.17) is 10.5 Å². The maximum Gasteiger partial charge on any atom is 0.133 e. The van der Waals surface area contributed by atoms with Crippen molar-refractivity contribution in [3.8, 4) is 0 Å². The highest BCUT2D eigenvalue weighted by atomic mass is 16.5. The second-order valence-electron chi connectivity index (χ2n) is 4.43. The van der Waals surface area contributed by atoms with Gasteiger partial charge in [-0.1, -0.05) is 0 Å². The second kappa shape index (κ2) is 5.29. The van der Waals surface area contributed by atoms with Crippen LogP contribution in [0.4, 0.5) is 11.6 Å². The van der Waals surface area contributed by atoms with Gasteiger partial charge in [-0.05, 0) is 6.42 Å². The summed E-state index contributed by atoms with van der Waals surface area (Å²) in [5.74, 6) is 1.66. The molecule has 2 rings (SSSR count). The quantitative estimate of drug-likeness (QED) is 0.775. The molecule has 0 aromatic carbocycles. The fourth-order valence-electron chi connectivity index (χ4n) is 1.76. The monoisotopic (exact) mass is 237 g/mol. The number of nitrogens with two attached hydrogens (primary N) is 1. The molecule has 0 amide bonds. The first kappa shape index (κ1) is 12.1. The lowest BCUT2D eigenvalue weighted by atomic mass is 10.1. The lowest BCUT2D eigenvalue weighted by Gasteiger charge is -2.29. The number of hydrogen-bond acceptors (Lipinski definition) is 6. The molecule has 1 aliphatic heterocycles. The molecule has 1 aliphatic rings. The Balaban J connectivity index is 2.04. The zero-order valence-corrected chi connectivity index (χ0v) is 10.3. The van der Waals surface area contributed by atoms with Gasteiger partial charge >= 0.3 is 0 Å². The fraction of sp³-hybridized carbons (Fsp3) is 0.636. The topological polar surface area (TPSA) is 76.3 Å². The maximum absolute atomic E-state index is 6.03. The van der Waals surface area contributed by atoms with Crippen molar-refractivity contribution in [1.82, 2.24) is 9.97 Å². The van der Waals surface area contributed by atoms with E-state index in [-0.39, 0.29) is 12.1 Å². The van der Waals surface area contributed by atoms with E-state index in [1.54, 1.807) is 6.33 Å². The molecule has 6 heteroatoms. The van der Waals surface area contributed by atoms with Crippen LogP contribution >= 0.6 is 0 Å². The second-order valence-corrected chi connectivity index (χ2v) is 4.43. The van der Waals surface area contributed by atoms with E-state index in [0.29, 0.717) is 6.61 Å². The molecule has 2 atom stereocenters. The fourth-order valence-corrected chi connectivity index (χ4v) is 1.76. The summed E-state index contributed by atoms with van der Waals surface area (Å²) < 4.78 is 5.41. The van der Waals surface area contributed by atoms with Crippen molar-refractivity contribution in [2.45, 2.75) is 18.5 Å². The van der Waals surface area contributed by atoms with Crippen LogP contribution in [0.15, 0.2) is 12.4 Å².